The Morgan fingerprint density at radius 3 is 2.22 bits per heavy atom. The Morgan fingerprint density at radius 1 is 1.11 bits per heavy atom. The number of rotatable bonds is 4. The zero-order valence-corrected chi connectivity index (χ0v) is 13.1. The first-order chi connectivity index (χ1) is 8.23. The van der Waals surface area contributed by atoms with Crippen molar-refractivity contribution in [1.82, 2.24) is 5.32 Å². The summed E-state index contributed by atoms with van der Waals surface area (Å²) in [7, 11) is 0. The van der Waals surface area contributed by atoms with Gasteiger partial charge in [-0.2, -0.15) is 0 Å². The predicted molar refractivity (Wildman–Crippen MR) is 76.7 cm³/mol. The summed E-state index contributed by atoms with van der Waals surface area (Å²) < 4.78 is 5.91. The molecule has 106 valence electrons. The lowest BCUT2D eigenvalue weighted by atomic mass is 9.90. The molecule has 1 aliphatic carbocycles. The third-order valence-corrected chi connectivity index (χ3v) is 6.27. The van der Waals surface area contributed by atoms with Gasteiger partial charge in [0.1, 0.15) is 0 Å². The van der Waals surface area contributed by atoms with Crippen LogP contribution in [0.3, 0.4) is 0 Å². The fourth-order valence-corrected chi connectivity index (χ4v) is 3.68. The van der Waals surface area contributed by atoms with Gasteiger partial charge in [0.2, 0.25) is 0 Å². The van der Waals surface area contributed by atoms with E-state index in [0.717, 1.165) is 25.4 Å². The SMILES string of the molecule is CCC1(C)CC(NCC2C(C)(C)C2(C)C)CCO1. The molecule has 2 fully saturated rings. The van der Waals surface area contributed by atoms with Crippen molar-refractivity contribution in [2.75, 3.05) is 13.2 Å². The third-order valence-electron chi connectivity index (χ3n) is 6.27. The average molecular weight is 253 g/mol. The third kappa shape index (κ3) is 2.34. The molecule has 0 radical (unpaired) electrons. The minimum Gasteiger partial charge on any atom is -0.375 e. The van der Waals surface area contributed by atoms with E-state index in [4.69, 9.17) is 4.74 Å². The molecule has 0 spiro atoms. The van der Waals surface area contributed by atoms with E-state index < -0.39 is 0 Å². The van der Waals surface area contributed by atoms with Crippen LogP contribution in [0.2, 0.25) is 0 Å². The van der Waals surface area contributed by atoms with E-state index in [9.17, 15) is 0 Å². The molecule has 1 heterocycles. The monoisotopic (exact) mass is 253 g/mol. The van der Waals surface area contributed by atoms with Crippen LogP contribution in [0.4, 0.5) is 0 Å². The van der Waals surface area contributed by atoms with Crippen LogP contribution in [0.1, 0.15) is 60.8 Å². The second-order valence-electron chi connectivity index (χ2n) is 7.75. The number of hydrogen-bond acceptors (Lipinski definition) is 2. The van der Waals surface area contributed by atoms with Gasteiger partial charge in [0, 0.05) is 12.6 Å². The predicted octanol–water partition coefficient (Wildman–Crippen LogP) is 3.61. The Kier molecular flexibility index (Phi) is 3.57. The number of ether oxygens (including phenoxy) is 1. The molecule has 2 heteroatoms. The highest BCUT2D eigenvalue weighted by Crippen LogP contribution is 2.67. The second kappa shape index (κ2) is 4.49. The average Bonchev–Trinajstić information content (AvgIpc) is 2.67. The Balaban J connectivity index is 1.82. The van der Waals surface area contributed by atoms with Crippen LogP contribution >= 0.6 is 0 Å². The fraction of sp³-hybridized carbons (Fsp3) is 1.00. The van der Waals surface area contributed by atoms with Crippen LogP contribution in [0.25, 0.3) is 0 Å². The summed E-state index contributed by atoms with van der Waals surface area (Å²) in [5.41, 5.74) is 1.10. The molecule has 1 saturated carbocycles. The molecular weight excluding hydrogens is 222 g/mol. The van der Waals surface area contributed by atoms with Crippen molar-refractivity contribution in [2.45, 2.75) is 72.4 Å². The van der Waals surface area contributed by atoms with Gasteiger partial charge in [-0.1, -0.05) is 34.6 Å². The van der Waals surface area contributed by atoms with Crippen molar-refractivity contribution in [3.63, 3.8) is 0 Å². The molecule has 2 aliphatic rings. The molecule has 0 aromatic heterocycles. The van der Waals surface area contributed by atoms with Crippen molar-refractivity contribution in [3.05, 3.63) is 0 Å². The van der Waals surface area contributed by atoms with E-state index in [0.29, 0.717) is 16.9 Å². The fourth-order valence-electron chi connectivity index (χ4n) is 3.68. The molecule has 0 amide bonds. The van der Waals surface area contributed by atoms with E-state index >= 15 is 0 Å². The van der Waals surface area contributed by atoms with Gasteiger partial charge >= 0.3 is 0 Å². The minimum absolute atomic E-state index is 0.102. The van der Waals surface area contributed by atoms with Gasteiger partial charge in [-0.15, -0.1) is 0 Å². The molecule has 2 unspecified atom stereocenters. The normalized spacial score (nSPS) is 38.7. The topological polar surface area (TPSA) is 21.3 Å². The Bertz CT molecular complexity index is 296. The van der Waals surface area contributed by atoms with Gasteiger partial charge in [-0.25, -0.2) is 0 Å². The van der Waals surface area contributed by atoms with Crippen LogP contribution in [0.15, 0.2) is 0 Å². The zero-order chi connectivity index (χ0) is 13.6. The minimum atomic E-state index is 0.102. The second-order valence-corrected chi connectivity index (χ2v) is 7.75. The van der Waals surface area contributed by atoms with Crippen LogP contribution in [0, 0.1) is 16.7 Å². The van der Waals surface area contributed by atoms with Gasteiger partial charge in [-0.05, 0) is 49.5 Å². The quantitative estimate of drug-likeness (QED) is 0.826. The molecule has 18 heavy (non-hydrogen) atoms. The summed E-state index contributed by atoms with van der Waals surface area (Å²) in [4.78, 5) is 0. The van der Waals surface area contributed by atoms with E-state index in [1.165, 1.54) is 13.0 Å². The summed E-state index contributed by atoms with van der Waals surface area (Å²) in [5.74, 6) is 0.820. The highest BCUT2D eigenvalue weighted by Gasteiger charge is 2.63. The lowest BCUT2D eigenvalue weighted by molar-refractivity contribution is -0.0780. The molecular formula is C16H31NO. The van der Waals surface area contributed by atoms with Crippen LogP contribution in [-0.2, 0) is 4.74 Å². The smallest absolute Gasteiger partial charge is 0.0666 e. The Morgan fingerprint density at radius 2 is 1.72 bits per heavy atom. The Labute approximate surface area is 113 Å². The van der Waals surface area contributed by atoms with Crippen molar-refractivity contribution < 1.29 is 4.74 Å². The van der Waals surface area contributed by atoms with Crippen LogP contribution in [0.5, 0.6) is 0 Å². The summed E-state index contributed by atoms with van der Waals surface area (Å²) in [6, 6.07) is 0.649. The molecule has 0 aromatic carbocycles. The lowest BCUT2D eigenvalue weighted by Gasteiger charge is -2.38. The molecule has 2 atom stereocenters. The lowest BCUT2D eigenvalue weighted by Crippen LogP contribution is -2.45. The molecule has 2 nitrogen and oxygen atoms in total. The number of nitrogens with one attached hydrogen (secondary N) is 1. The molecule has 0 aromatic rings. The van der Waals surface area contributed by atoms with Crippen molar-refractivity contribution in [1.29, 1.82) is 0 Å². The van der Waals surface area contributed by atoms with Gasteiger partial charge in [0.25, 0.3) is 0 Å². The first-order valence-electron chi connectivity index (χ1n) is 7.60. The highest BCUT2D eigenvalue weighted by atomic mass is 16.5. The van der Waals surface area contributed by atoms with Gasteiger partial charge in [0.05, 0.1) is 5.60 Å². The maximum absolute atomic E-state index is 5.91. The van der Waals surface area contributed by atoms with Gasteiger partial charge < -0.3 is 10.1 Å². The molecule has 2 rings (SSSR count). The first kappa shape index (κ1) is 14.3. The number of hydrogen-bond donors (Lipinski definition) is 1. The van der Waals surface area contributed by atoms with Crippen LogP contribution in [-0.4, -0.2) is 24.8 Å². The highest BCUT2D eigenvalue weighted by molar-refractivity contribution is 5.13. The van der Waals surface area contributed by atoms with E-state index in [1.54, 1.807) is 0 Å². The maximum atomic E-state index is 5.91. The van der Waals surface area contributed by atoms with E-state index in [1.807, 2.05) is 0 Å². The van der Waals surface area contributed by atoms with E-state index in [2.05, 4.69) is 46.9 Å². The summed E-state index contributed by atoms with van der Waals surface area (Å²) >= 11 is 0. The Hall–Kier alpha value is -0.0800. The van der Waals surface area contributed by atoms with E-state index in [-0.39, 0.29) is 5.60 Å². The van der Waals surface area contributed by atoms with Crippen molar-refractivity contribution in [2.24, 2.45) is 16.7 Å². The molecule has 1 saturated heterocycles. The molecule has 1 aliphatic heterocycles. The zero-order valence-electron chi connectivity index (χ0n) is 13.1. The first-order valence-corrected chi connectivity index (χ1v) is 7.60. The summed E-state index contributed by atoms with van der Waals surface area (Å²) in [5, 5.41) is 3.80. The summed E-state index contributed by atoms with van der Waals surface area (Å²) in [6.07, 6.45) is 3.45. The van der Waals surface area contributed by atoms with Crippen molar-refractivity contribution >= 4 is 0 Å². The summed E-state index contributed by atoms with van der Waals surface area (Å²) in [6.45, 7) is 16.2. The largest absolute Gasteiger partial charge is 0.375 e. The molecule has 1 N–H and O–H groups in total. The van der Waals surface area contributed by atoms with Crippen molar-refractivity contribution in [3.8, 4) is 0 Å². The maximum Gasteiger partial charge on any atom is 0.0666 e. The van der Waals surface area contributed by atoms with Crippen LogP contribution < -0.4 is 5.32 Å². The molecule has 0 bridgehead atoms. The standard InChI is InChI=1S/C16H31NO/c1-7-16(6)10-12(8-9-18-16)17-11-13-14(2,3)15(13,4)5/h12-13,17H,7-11H2,1-6H3. The van der Waals surface area contributed by atoms with Gasteiger partial charge in [0.15, 0.2) is 0 Å². The van der Waals surface area contributed by atoms with Gasteiger partial charge in [-0.3, -0.25) is 0 Å².